The van der Waals surface area contributed by atoms with Gasteiger partial charge in [0.2, 0.25) is 11.8 Å². The van der Waals surface area contributed by atoms with Crippen LogP contribution in [0.3, 0.4) is 0 Å². The minimum Gasteiger partial charge on any atom is -0.355 e. The van der Waals surface area contributed by atoms with Crippen molar-refractivity contribution in [3.63, 3.8) is 0 Å². The number of nitrogens with one attached hydrogen (secondary N) is 2. The Hall–Kier alpha value is -1.14. The summed E-state index contributed by atoms with van der Waals surface area (Å²) in [4.78, 5) is 27.4. The summed E-state index contributed by atoms with van der Waals surface area (Å²) in [5.74, 6) is 0.660. The van der Waals surface area contributed by atoms with Crippen LogP contribution in [0.4, 0.5) is 0 Å². The number of hydrogen-bond acceptors (Lipinski definition) is 4. The standard InChI is InChI=1S/C15H30N4O2/c1-4-7-17-14(20)11-18(3)15(21)12-19-8-5-13(6-9-19)10-16-2/h13,16H,4-12H2,1-3H3,(H,17,20). The van der Waals surface area contributed by atoms with Crippen LogP contribution in [0.15, 0.2) is 0 Å². The quantitative estimate of drug-likeness (QED) is 0.657. The molecule has 0 radical (unpaired) electrons. The van der Waals surface area contributed by atoms with Crippen LogP contribution >= 0.6 is 0 Å². The van der Waals surface area contributed by atoms with Crippen LogP contribution < -0.4 is 10.6 Å². The first-order valence-electron chi connectivity index (χ1n) is 7.94. The monoisotopic (exact) mass is 298 g/mol. The third-order valence-corrected chi connectivity index (χ3v) is 3.94. The Morgan fingerprint density at radius 2 is 1.95 bits per heavy atom. The molecule has 21 heavy (non-hydrogen) atoms. The number of piperidine rings is 1. The summed E-state index contributed by atoms with van der Waals surface area (Å²) in [5, 5.41) is 6.00. The van der Waals surface area contributed by atoms with E-state index in [1.165, 1.54) is 4.90 Å². The van der Waals surface area contributed by atoms with Crippen LogP contribution in [0.5, 0.6) is 0 Å². The lowest BCUT2D eigenvalue weighted by Gasteiger charge is -2.32. The molecule has 6 nitrogen and oxygen atoms in total. The summed E-state index contributed by atoms with van der Waals surface area (Å²) in [7, 11) is 3.68. The third kappa shape index (κ3) is 6.91. The number of hydrogen-bond donors (Lipinski definition) is 2. The van der Waals surface area contributed by atoms with Gasteiger partial charge in [-0.15, -0.1) is 0 Å². The first kappa shape index (κ1) is 17.9. The lowest BCUT2D eigenvalue weighted by molar-refractivity contribution is -0.135. The summed E-state index contributed by atoms with van der Waals surface area (Å²) in [6, 6.07) is 0. The third-order valence-electron chi connectivity index (χ3n) is 3.94. The van der Waals surface area contributed by atoms with Gasteiger partial charge < -0.3 is 15.5 Å². The highest BCUT2D eigenvalue weighted by molar-refractivity contribution is 5.85. The van der Waals surface area contributed by atoms with E-state index in [2.05, 4.69) is 15.5 Å². The van der Waals surface area contributed by atoms with Crippen LogP contribution in [0.1, 0.15) is 26.2 Å². The van der Waals surface area contributed by atoms with E-state index in [0.29, 0.717) is 13.1 Å². The molecule has 2 N–H and O–H groups in total. The van der Waals surface area contributed by atoms with Crippen LogP contribution in [0, 0.1) is 5.92 Å². The zero-order valence-electron chi connectivity index (χ0n) is 13.7. The fourth-order valence-electron chi connectivity index (χ4n) is 2.57. The largest absolute Gasteiger partial charge is 0.355 e. The van der Waals surface area contributed by atoms with Gasteiger partial charge in [-0.05, 0) is 51.9 Å². The molecule has 0 unspecified atom stereocenters. The number of rotatable bonds is 8. The molecular formula is C15H30N4O2. The molecular weight excluding hydrogens is 268 g/mol. The Balaban J connectivity index is 2.25. The van der Waals surface area contributed by atoms with Gasteiger partial charge in [0.15, 0.2) is 0 Å². The average Bonchev–Trinajstić information content (AvgIpc) is 2.47. The van der Waals surface area contributed by atoms with Crippen molar-refractivity contribution < 1.29 is 9.59 Å². The van der Waals surface area contributed by atoms with Crippen LogP contribution in [-0.2, 0) is 9.59 Å². The van der Waals surface area contributed by atoms with Gasteiger partial charge in [0.1, 0.15) is 0 Å². The van der Waals surface area contributed by atoms with Gasteiger partial charge in [0, 0.05) is 13.6 Å². The molecule has 0 aliphatic carbocycles. The molecule has 1 aliphatic rings. The lowest BCUT2D eigenvalue weighted by Crippen LogP contribution is -2.45. The highest BCUT2D eigenvalue weighted by Crippen LogP contribution is 2.15. The van der Waals surface area contributed by atoms with E-state index in [4.69, 9.17) is 0 Å². The molecule has 0 saturated carbocycles. The van der Waals surface area contributed by atoms with E-state index in [0.717, 1.165) is 44.8 Å². The van der Waals surface area contributed by atoms with Crippen molar-refractivity contribution in [1.82, 2.24) is 20.4 Å². The topological polar surface area (TPSA) is 64.7 Å². The second-order valence-electron chi connectivity index (χ2n) is 5.88. The molecule has 0 aromatic carbocycles. The zero-order valence-corrected chi connectivity index (χ0v) is 13.7. The minimum absolute atomic E-state index is 0.0220. The van der Waals surface area contributed by atoms with Crippen LogP contribution in [0.2, 0.25) is 0 Å². The molecule has 2 amide bonds. The number of likely N-dealkylation sites (tertiary alicyclic amines) is 1. The van der Waals surface area contributed by atoms with Crippen molar-refractivity contribution >= 4 is 11.8 Å². The van der Waals surface area contributed by atoms with E-state index in [9.17, 15) is 9.59 Å². The van der Waals surface area contributed by atoms with Gasteiger partial charge in [0.05, 0.1) is 13.1 Å². The van der Waals surface area contributed by atoms with Crippen molar-refractivity contribution in [3.05, 3.63) is 0 Å². The van der Waals surface area contributed by atoms with Crippen LogP contribution in [-0.4, -0.2) is 75.0 Å². The van der Waals surface area contributed by atoms with E-state index in [1.54, 1.807) is 7.05 Å². The number of carbonyl (C=O) groups is 2. The summed E-state index contributed by atoms with van der Waals surface area (Å²) in [6.45, 7) is 6.23. The number of likely N-dealkylation sites (N-methyl/N-ethyl adjacent to an activating group) is 1. The van der Waals surface area contributed by atoms with Crippen molar-refractivity contribution in [1.29, 1.82) is 0 Å². The molecule has 1 heterocycles. The fraction of sp³-hybridized carbons (Fsp3) is 0.867. The van der Waals surface area contributed by atoms with E-state index in [1.807, 2.05) is 14.0 Å². The molecule has 1 fully saturated rings. The fourth-order valence-corrected chi connectivity index (χ4v) is 2.57. The smallest absolute Gasteiger partial charge is 0.239 e. The van der Waals surface area contributed by atoms with E-state index < -0.39 is 0 Å². The van der Waals surface area contributed by atoms with Crippen molar-refractivity contribution in [2.24, 2.45) is 5.92 Å². The maximum atomic E-state index is 12.1. The molecule has 1 rings (SSSR count). The second kappa shape index (κ2) is 9.73. The molecule has 122 valence electrons. The zero-order chi connectivity index (χ0) is 15.7. The van der Waals surface area contributed by atoms with Crippen molar-refractivity contribution in [2.75, 3.05) is 53.4 Å². The molecule has 0 bridgehead atoms. The van der Waals surface area contributed by atoms with Gasteiger partial charge in [-0.3, -0.25) is 14.5 Å². The lowest BCUT2D eigenvalue weighted by atomic mass is 9.97. The maximum absolute atomic E-state index is 12.1. The summed E-state index contributed by atoms with van der Waals surface area (Å²) < 4.78 is 0. The molecule has 6 heteroatoms. The van der Waals surface area contributed by atoms with Gasteiger partial charge in [-0.1, -0.05) is 6.92 Å². The summed E-state index contributed by atoms with van der Waals surface area (Å²) >= 11 is 0. The Kier molecular flexibility index (Phi) is 8.30. The maximum Gasteiger partial charge on any atom is 0.239 e. The number of carbonyl (C=O) groups excluding carboxylic acids is 2. The first-order valence-corrected chi connectivity index (χ1v) is 7.94. The normalized spacial score (nSPS) is 16.7. The molecule has 0 aromatic heterocycles. The number of amides is 2. The molecule has 1 saturated heterocycles. The Morgan fingerprint density at radius 1 is 1.29 bits per heavy atom. The Labute approximate surface area is 128 Å². The molecule has 0 atom stereocenters. The summed E-state index contributed by atoms with van der Waals surface area (Å²) in [5.41, 5.74) is 0. The predicted molar refractivity (Wildman–Crippen MR) is 84.0 cm³/mol. The van der Waals surface area contributed by atoms with Gasteiger partial charge in [0.25, 0.3) is 0 Å². The predicted octanol–water partition coefficient (Wildman–Crippen LogP) is -0.0976. The Morgan fingerprint density at radius 3 is 2.52 bits per heavy atom. The Bertz CT molecular complexity index is 328. The van der Waals surface area contributed by atoms with Crippen molar-refractivity contribution in [2.45, 2.75) is 26.2 Å². The highest BCUT2D eigenvalue weighted by Gasteiger charge is 2.22. The second-order valence-corrected chi connectivity index (χ2v) is 5.88. The van der Waals surface area contributed by atoms with Crippen molar-refractivity contribution in [3.8, 4) is 0 Å². The molecule has 0 spiro atoms. The minimum atomic E-state index is -0.0829. The van der Waals surface area contributed by atoms with Crippen LogP contribution in [0.25, 0.3) is 0 Å². The van der Waals surface area contributed by atoms with E-state index in [-0.39, 0.29) is 18.4 Å². The molecule has 0 aromatic rings. The van der Waals surface area contributed by atoms with Gasteiger partial charge >= 0.3 is 0 Å². The molecule has 1 aliphatic heterocycles. The van der Waals surface area contributed by atoms with Gasteiger partial charge in [-0.25, -0.2) is 0 Å². The summed E-state index contributed by atoms with van der Waals surface area (Å²) in [6.07, 6.45) is 3.18. The van der Waals surface area contributed by atoms with E-state index >= 15 is 0 Å². The van der Waals surface area contributed by atoms with Gasteiger partial charge in [-0.2, -0.15) is 0 Å². The average molecular weight is 298 g/mol. The SMILES string of the molecule is CCCNC(=O)CN(C)C(=O)CN1CCC(CNC)CC1. The number of nitrogens with zero attached hydrogens (tertiary/aromatic N) is 2. The highest BCUT2D eigenvalue weighted by atomic mass is 16.2. The first-order chi connectivity index (χ1) is 10.1.